The Hall–Kier alpha value is -3.92. The molecule has 2 aromatic rings. The largest absolute Gasteiger partial charge is 0.481 e. The second kappa shape index (κ2) is 10.3. The number of amidine groups is 1. The summed E-state index contributed by atoms with van der Waals surface area (Å²) in [6.45, 7) is 1.02. The van der Waals surface area contributed by atoms with Gasteiger partial charge >= 0.3 is 12.0 Å². The molecule has 5 N–H and O–H groups in total. The van der Waals surface area contributed by atoms with Gasteiger partial charge in [-0.25, -0.2) is 4.79 Å². The van der Waals surface area contributed by atoms with Gasteiger partial charge in [0.25, 0.3) is 5.91 Å². The summed E-state index contributed by atoms with van der Waals surface area (Å²) >= 11 is 0. The molecule has 0 saturated carbocycles. The lowest BCUT2D eigenvalue weighted by Gasteiger charge is -2.29. The first-order chi connectivity index (χ1) is 15.6. The minimum Gasteiger partial charge on any atom is -0.481 e. The van der Waals surface area contributed by atoms with Crippen molar-refractivity contribution in [2.45, 2.75) is 24.9 Å². The Morgan fingerprint density at radius 2 is 1.71 bits per heavy atom. The number of nitrogens with one attached hydrogen (secondary N) is 2. The fraction of sp³-hybridized carbons (Fsp3) is 0.261. The van der Waals surface area contributed by atoms with Crippen molar-refractivity contribution < 1.29 is 24.3 Å². The van der Waals surface area contributed by atoms with Crippen LogP contribution in [-0.4, -0.2) is 58.1 Å². The molecule has 3 rings (SSSR count). The van der Waals surface area contributed by atoms with E-state index in [0.717, 1.165) is 4.90 Å². The summed E-state index contributed by atoms with van der Waals surface area (Å²) in [5.74, 6) is -2.47. The van der Waals surface area contributed by atoms with E-state index in [-0.39, 0.29) is 24.7 Å². The van der Waals surface area contributed by atoms with Crippen LogP contribution in [0.5, 0.6) is 0 Å². The first-order valence-corrected chi connectivity index (χ1v) is 10.2. The maximum Gasteiger partial charge on any atom is 0.328 e. The van der Waals surface area contributed by atoms with E-state index in [9.17, 15) is 24.3 Å². The maximum atomic E-state index is 13.3. The van der Waals surface area contributed by atoms with E-state index in [1.54, 1.807) is 61.5 Å². The zero-order valence-corrected chi connectivity index (χ0v) is 19.5. The van der Waals surface area contributed by atoms with Crippen molar-refractivity contribution in [1.82, 2.24) is 15.1 Å². The first-order valence-electron chi connectivity index (χ1n) is 10.2. The number of amides is 4. The van der Waals surface area contributed by atoms with Gasteiger partial charge in [0.1, 0.15) is 17.9 Å². The molecule has 0 aromatic heterocycles. The Morgan fingerprint density at radius 3 is 2.24 bits per heavy atom. The third kappa shape index (κ3) is 5.01. The molecule has 180 valence electrons. The van der Waals surface area contributed by atoms with E-state index in [1.807, 2.05) is 0 Å². The predicted octanol–water partition coefficient (Wildman–Crippen LogP) is 1.83. The average molecular weight is 488 g/mol. The first kappa shape index (κ1) is 26.3. The summed E-state index contributed by atoms with van der Waals surface area (Å²) in [5, 5.41) is 19.3. The summed E-state index contributed by atoms with van der Waals surface area (Å²) in [6, 6.07) is 13.5. The van der Waals surface area contributed by atoms with Crippen LogP contribution in [0.25, 0.3) is 0 Å². The van der Waals surface area contributed by atoms with E-state index in [0.29, 0.717) is 16.7 Å². The Balaban J connectivity index is 0.00000408. The van der Waals surface area contributed by atoms with Crippen LogP contribution >= 0.6 is 12.4 Å². The number of aliphatic carboxylic acids is 1. The number of rotatable bonds is 8. The van der Waals surface area contributed by atoms with Gasteiger partial charge < -0.3 is 21.1 Å². The summed E-state index contributed by atoms with van der Waals surface area (Å²) in [6.07, 6.45) is -0.349. The molecule has 10 nitrogen and oxygen atoms in total. The number of imide groups is 1. The molecule has 0 radical (unpaired) electrons. The van der Waals surface area contributed by atoms with E-state index >= 15 is 0 Å². The van der Waals surface area contributed by atoms with E-state index in [4.69, 9.17) is 11.1 Å². The Bertz CT molecular complexity index is 1110. The average Bonchev–Trinajstić information content (AvgIpc) is 2.95. The summed E-state index contributed by atoms with van der Waals surface area (Å²) in [5.41, 5.74) is 5.70. The van der Waals surface area contributed by atoms with Gasteiger partial charge in [-0.15, -0.1) is 12.4 Å². The number of nitrogens with two attached hydrogens (primary N) is 1. The predicted molar refractivity (Wildman–Crippen MR) is 127 cm³/mol. The lowest BCUT2D eigenvalue weighted by Crippen LogP contribution is -2.44. The van der Waals surface area contributed by atoms with Crippen LogP contribution < -0.4 is 11.1 Å². The lowest BCUT2D eigenvalue weighted by atomic mass is 9.90. The van der Waals surface area contributed by atoms with Gasteiger partial charge in [0.05, 0.1) is 12.5 Å². The van der Waals surface area contributed by atoms with Crippen LogP contribution in [0.1, 0.15) is 36.1 Å². The molecule has 2 atom stereocenters. The molecule has 4 amide bonds. The number of halogens is 1. The van der Waals surface area contributed by atoms with Crippen molar-refractivity contribution in [3.63, 3.8) is 0 Å². The van der Waals surface area contributed by atoms with Crippen molar-refractivity contribution in [3.8, 4) is 0 Å². The molecule has 2 aromatic carbocycles. The quantitative estimate of drug-likeness (QED) is 0.253. The molecule has 1 saturated heterocycles. The number of nitrogen functional groups attached to an aromatic ring is 1. The molecular weight excluding hydrogens is 462 g/mol. The maximum absolute atomic E-state index is 13.3. The topological polar surface area (TPSA) is 157 Å². The lowest BCUT2D eigenvalue weighted by molar-refractivity contribution is -0.139. The number of carboxylic acid groups (broad SMARTS) is 1. The fourth-order valence-electron chi connectivity index (χ4n) is 3.79. The number of likely N-dealkylation sites (N-methyl/N-ethyl adjacent to an activating group) is 1. The van der Waals surface area contributed by atoms with Crippen LogP contribution in [0.15, 0.2) is 54.6 Å². The summed E-state index contributed by atoms with van der Waals surface area (Å²) < 4.78 is 0. The van der Waals surface area contributed by atoms with Crippen LogP contribution in [0.4, 0.5) is 4.79 Å². The van der Waals surface area contributed by atoms with Gasteiger partial charge in [-0.05, 0) is 18.1 Å². The van der Waals surface area contributed by atoms with E-state index in [1.165, 1.54) is 11.9 Å². The third-order valence-corrected chi connectivity index (χ3v) is 5.83. The van der Waals surface area contributed by atoms with Gasteiger partial charge in [0.2, 0.25) is 5.91 Å². The molecule has 0 aliphatic carbocycles. The van der Waals surface area contributed by atoms with Gasteiger partial charge in [0, 0.05) is 12.6 Å². The Morgan fingerprint density at radius 1 is 1.12 bits per heavy atom. The number of benzene rings is 2. The second-order valence-corrected chi connectivity index (χ2v) is 7.92. The third-order valence-electron chi connectivity index (χ3n) is 5.83. The minimum atomic E-state index is -1.35. The molecule has 11 heteroatoms. The van der Waals surface area contributed by atoms with Gasteiger partial charge in [0.15, 0.2) is 0 Å². The Kier molecular flexibility index (Phi) is 8.01. The molecule has 1 fully saturated rings. The number of hydrogen-bond acceptors (Lipinski definition) is 5. The highest BCUT2D eigenvalue weighted by atomic mass is 35.5. The van der Waals surface area contributed by atoms with Crippen LogP contribution in [0, 0.1) is 5.41 Å². The Labute approximate surface area is 202 Å². The van der Waals surface area contributed by atoms with Crippen molar-refractivity contribution in [1.29, 1.82) is 5.41 Å². The molecule has 1 heterocycles. The molecule has 0 spiro atoms. The summed E-state index contributed by atoms with van der Waals surface area (Å²) in [4.78, 5) is 52.2. The van der Waals surface area contributed by atoms with Crippen molar-refractivity contribution in [2.75, 3.05) is 13.6 Å². The number of carbonyl (C=O) groups is 4. The smallest absolute Gasteiger partial charge is 0.328 e. The standard InChI is InChI=1S/C23H25N5O5.ClH/c1-23(16-10-8-15(9-11-16)20(24)25)21(32)28(22(33)27(23)2)13-18(29)26-17(12-19(30)31)14-6-4-3-5-7-14;/h3-11,17H,12-13H2,1-2H3,(H3,24,25)(H,26,29)(H,30,31);1H/t17-,23-;/m0./s1. The van der Waals surface area contributed by atoms with E-state index in [2.05, 4.69) is 5.32 Å². The fourth-order valence-corrected chi connectivity index (χ4v) is 3.79. The normalized spacial score (nSPS) is 18.3. The number of urea groups is 1. The van der Waals surface area contributed by atoms with Crippen molar-refractivity contribution in [3.05, 3.63) is 71.3 Å². The van der Waals surface area contributed by atoms with Gasteiger partial charge in [-0.1, -0.05) is 54.6 Å². The second-order valence-electron chi connectivity index (χ2n) is 7.92. The molecule has 0 bridgehead atoms. The zero-order chi connectivity index (χ0) is 24.3. The monoisotopic (exact) mass is 487 g/mol. The number of hydrogen-bond donors (Lipinski definition) is 4. The number of carbonyl (C=O) groups excluding carboxylic acids is 3. The van der Waals surface area contributed by atoms with Gasteiger partial charge in [-0.3, -0.25) is 24.7 Å². The number of carboxylic acids is 1. The summed E-state index contributed by atoms with van der Waals surface area (Å²) in [7, 11) is 1.47. The van der Waals surface area contributed by atoms with Gasteiger partial charge in [-0.2, -0.15) is 0 Å². The highest BCUT2D eigenvalue weighted by molar-refractivity contribution is 6.09. The molecule has 1 aliphatic rings. The molecule has 34 heavy (non-hydrogen) atoms. The van der Waals surface area contributed by atoms with Crippen molar-refractivity contribution >= 4 is 42.1 Å². The molecular formula is C23H26ClN5O5. The molecule has 0 unspecified atom stereocenters. The minimum absolute atomic E-state index is 0. The van der Waals surface area contributed by atoms with Crippen LogP contribution in [-0.2, 0) is 19.9 Å². The van der Waals surface area contributed by atoms with Crippen LogP contribution in [0.2, 0.25) is 0 Å². The van der Waals surface area contributed by atoms with E-state index < -0.39 is 41.9 Å². The SMILES string of the molecule is CN1C(=O)N(CC(=O)N[C@@H](CC(=O)O)c2ccccc2)C(=O)[C@]1(C)c1ccc(C(=N)N)cc1.Cl. The molecule has 1 aliphatic heterocycles. The van der Waals surface area contributed by atoms with Crippen LogP contribution in [0.3, 0.4) is 0 Å². The zero-order valence-electron chi connectivity index (χ0n) is 18.6. The highest BCUT2D eigenvalue weighted by Crippen LogP contribution is 2.36. The number of nitrogens with zero attached hydrogens (tertiary/aromatic N) is 2. The van der Waals surface area contributed by atoms with Crippen molar-refractivity contribution in [2.24, 2.45) is 5.73 Å². The highest BCUT2D eigenvalue weighted by Gasteiger charge is 2.54.